The van der Waals surface area contributed by atoms with Gasteiger partial charge in [0.2, 0.25) is 0 Å². The summed E-state index contributed by atoms with van der Waals surface area (Å²) in [6, 6.07) is 3.04. The molecule has 0 radical (unpaired) electrons. The third kappa shape index (κ3) is 1.04. The quantitative estimate of drug-likeness (QED) is 0.563. The van der Waals surface area contributed by atoms with Crippen molar-refractivity contribution in [1.29, 1.82) is 0 Å². The Morgan fingerprint density at radius 1 is 1.58 bits per heavy atom. The molecule has 1 heterocycles. The zero-order chi connectivity index (χ0) is 8.72. The Labute approximate surface area is 70.1 Å². The zero-order valence-electron chi connectivity index (χ0n) is 6.67. The van der Waals surface area contributed by atoms with Gasteiger partial charge in [-0.1, -0.05) is 6.07 Å². The molecule has 1 aliphatic heterocycles. The largest absolute Gasteiger partial charge is 0.491 e. The van der Waals surface area contributed by atoms with Crippen LogP contribution in [0, 0.1) is 12.7 Å². The number of fused-ring (bicyclic) bond motifs is 1. The Kier molecular flexibility index (Phi) is 1.66. The summed E-state index contributed by atoms with van der Waals surface area (Å²) in [5.74, 6) is -0.293. The Morgan fingerprint density at radius 2 is 2.33 bits per heavy atom. The lowest BCUT2D eigenvalue weighted by molar-refractivity contribution is 0.275. The Bertz CT molecular complexity index is 327. The first-order valence-corrected chi connectivity index (χ1v) is 3.77. The van der Waals surface area contributed by atoms with Crippen LogP contribution in [-0.4, -0.2) is 12.1 Å². The second-order valence-electron chi connectivity index (χ2n) is 2.96. The Balaban J connectivity index is 2.56. The number of hydrogen-bond donors (Lipinski definition) is 1. The van der Waals surface area contributed by atoms with Crippen LogP contribution in [-0.2, 0) is 11.3 Å². The fourth-order valence-corrected chi connectivity index (χ4v) is 1.37. The average molecular weight is 166 g/mol. The van der Waals surface area contributed by atoms with E-state index in [9.17, 15) is 9.41 Å². The van der Waals surface area contributed by atoms with Crippen molar-refractivity contribution < 1.29 is 14.1 Å². The van der Waals surface area contributed by atoms with Crippen molar-refractivity contribution in [2.24, 2.45) is 0 Å². The molecule has 2 rings (SSSR count). The van der Waals surface area contributed by atoms with Crippen molar-refractivity contribution in [2.45, 2.75) is 13.5 Å². The van der Waals surface area contributed by atoms with E-state index in [1.165, 1.54) is 6.07 Å². The molecule has 12 heavy (non-hydrogen) atoms. The molecule has 0 saturated carbocycles. The van der Waals surface area contributed by atoms with Crippen LogP contribution in [0.3, 0.4) is 0 Å². The molecule has 1 N–H and O–H groups in total. The van der Waals surface area contributed by atoms with Gasteiger partial charge < -0.3 is 9.68 Å². The molecule has 0 unspecified atom stereocenters. The molecule has 0 saturated heterocycles. The molecule has 0 spiro atoms. The first-order valence-electron chi connectivity index (χ1n) is 3.77. The second kappa shape index (κ2) is 2.57. The minimum absolute atomic E-state index is 0.293. The maximum Gasteiger partial charge on any atom is 0.491 e. The number of aryl methyl sites for hydroxylation is 1. The van der Waals surface area contributed by atoms with Gasteiger partial charge >= 0.3 is 7.12 Å². The van der Waals surface area contributed by atoms with Crippen LogP contribution in [0.5, 0.6) is 0 Å². The van der Waals surface area contributed by atoms with E-state index in [0.29, 0.717) is 17.6 Å². The molecule has 0 amide bonds. The molecule has 4 heteroatoms. The Hall–Kier alpha value is -0.865. The summed E-state index contributed by atoms with van der Waals surface area (Å²) in [6.45, 7) is 2.07. The van der Waals surface area contributed by atoms with Crippen molar-refractivity contribution in [1.82, 2.24) is 0 Å². The normalized spacial score (nSPS) is 15.1. The zero-order valence-corrected chi connectivity index (χ0v) is 6.67. The SMILES string of the molecule is Cc1cc2c(cc1F)B(O)OC2. The summed E-state index contributed by atoms with van der Waals surface area (Å²) < 4.78 is 17.9. The average Bonchev–Trinajstić information content (AvgIpc) is 2.35. The van der Waals surface area contributed by atoms with E-state index in [4.69, 9.17) is 4.65 Å². The molecular formula is C8H8BFO2. The van der Waals surface area contributed by atoms with E-state index in [-0.39, 0.29) is 5.82 Å². The highest BCUT2D eigenvalue weighted by atomic mass is 19.1. The minimum Gasteiger partial charge on any atom is -0.423 e. The van der Waals surface area contributed by atoms with Gasteiger partial charge in [-0.25, -0.2) is 4.39 Å². The predicted octanol–water partition coefficient (Wildman–Crippen LogP) is 0.352. The fourth-order valence-electron chi connectivity index (χ4n) is 1.37. The summed E-state index contributed by atoms with van der Waals surface area (Å²) in [5, 5.41) is 9.21. The van der Waals surface area contributed by atoms with Gasteiger partial charge in [0.15, 0.2) is 0 Å². The summed E-state index contributed by atoms with van der Waals surface area (Å²) in [4.78, 5) is 0. The van der Waals surface area contributed by atoms with Crippen molar-refractivity contribution >= 4 is 12.6 Å². The van der Waals surface area contributed by atoms with Crippen LogP contribution < -0.4 is 5.46 Å². The van der Waals surface area contributed by atoms with Gasteiger partial charge in [0.25, 0.3) is 0 Å². The van der Waals surface area contributed by atoms with Crippen molar-refractivity contribution in [3.63, 3.8) is 0 Å². The number of benzene rings is 1. The van der Waals surface area contributed by atoms with Crippen LogP contribution in [0.1, 0.15) is 11.1 Å². The lowest BCUT2D eigenvalue weighted by atomic mass is 9.79. The monoisotopic (exact) mass is 166 g/mol. The summed E-state index contributed by atoms with van der Waals surface area (Å²) in [5.41, 5.74) is 2.02. The first-order chi connectivity index (χ1) is 5.68. The van der Waals surface area contributed by atoms with Gasteiger partial charge in [-0.2, -0.15) is 0 Å². The first kappa shape index (κ1) is 7.77. The van der Waals surface area contributed by atoms with E-state index in [2.05, 4.69) is 0 Å². The second-order valence-corrected chi connectivity index (χ2v) is 2.96. The standard InChI is InChI=1S/C8H8BFO2/c1-5-2-6-4-12-9(11)7(6)3-8(5)10/h2-3,11H,4H2,1H3. The molecular weight excluding hydrogens is 158 g/mol. The van der Waals surface area contributed by atoms with Crippen molar-refractivity contribution in [2.75, 3.05) is 0 Å². The molecule has 1 aromatic carbocycles. The summed E-state index contributed by atoms with van der Waals surface area (Å²) >= 11 is 0. The molecule has 2 nitrogen and oxygen atoms in total. The molecule has 0 aromatic heterocycles. The van der Waals surface area contributed by atoms with E-state index in [0.717, 1.165) is 5.56 Å². The number of halogens is 1. The molecule has 0 aliphatic carbocycles. The molecule has 1 aromatic rings. The highest BCUT2D eigenvalue weighted by Crippen LogP contribution is 2.13. The van der Waals surface area contributed by atoms with Gasteiger partial charge in [0.05, 0.1) is 6.61 Å². The van der Waals surface area contributed by atoms with Crippen LogP contribution in [0.15, 0.2) is 12.1 Å². The van der Waals surface area contributed by atoms with E-state index in [1.807, 2.05) is 0 Å². The van der Waals surface area contributed by atoms with Gasteiger partial charge in [-0.05, 0) is 29.6 Å². The third-order valence-corrected chi connectivity index (χ3v) is 2.08. The smallest absolute Gasteiger partial charge is 0.423 e. The highest BCUT2D eigenvalue weighted by molar-refractivity contribution is 6.61. The Morgan fingerprint density at radius 3 is 3.08 bits per heavy atom. The van der Waals surface area contributed by atoms with Crippen LogP contribution in [0.4, 0.5) is 4.39 Å². The van der Waals surface area contributed by atoms with Gasteiger partial charge in [-0.3, -0.25) is 0 Å². The molecule has 1 aliphatic rings. The molecule has 0 atom stereocenters. The minimum atomic E-state index is -0.949. The third-order valence-electron chi connectivity index (χ3n) is 2.08. The van der Waals surface area contributed by atoms with E-state index >= 15 is 0 Å². The summed E-state index contributed by atoms with van der Waals surface area (Å²) in [6.07, 6.45) is 0. The van der Waals surface area contributed by atoms with Gasteiger partial charge in [0.1, 0.15) is 5.82 Å². The molecule has 0 fully saturated rings. The number of rotatable bonds is 0. The van der Waals surface area contributed by atoms with Crippen LogP contribution >= 0.6 is 0 Å². The molecule has 0 bridgehead atoms. The van der Waals surface area contributed by atoms with Crippen LogP contribution in [0.25, 0.3) is 0 Å². The van der Waals surface area contributed by atoms with Crippen LogP contribution in [0.2, 0.25) is 0 Å². The molecule has 62 valence electrons. The van der Waals surface area contributed by atoms with E-state index < -0.39 is 7.12 Å². The lowest BCUT2D eigenvalue weighted by Crippen LogP contribution is -2.28. The predicted molar refractivity (Wildman–Crippen MR) is 43.5 cm³/mol. The van der Waals surface area contributed by atoms with E-state index in [1.54, 1.807) is 13.0 Å². The summed E-state index contributed by atoms with van der Waals surface area (Å²) in [7, 11) is -0.949. The highest BCUT2D eigenvalue weighted by Gasteiger charge is 2.27. The van der Waals surface area contributed by atoms with Crippen molar-refractivity contribution in [3.05, 3.63) is 29.1 Å². The fraction of sp³-hybridized carbons (Fsp3) is 0.250. The maximum absolute atomic E-state index is 13.0. The van der Waals surface area contributed by atoms with Gasteiger partial charge in [-0.15, -0.1) is 0 Å². The number of hydrogen-bond acceptors (Lipinski definition) is 2. The topological polar surface area (TPSA) is 29.5 Å². The maximum atomic E-state index is 13.0. The van der Waals surface area contributed by atoms with Crippen molar-refractivity contribution in [3.8, 4) is 0 Å². The van der Waals surface area contributed by atoms with Gasteiger partial charge in [0, 0.05) is 0 Å². The lowest BCUT2D eigenvalue weighted by Gasteiger charge is -2.00.